The molecule has 2 N–H and O–H groups in total. The van der Waals surface area contributed by atoms with Crippen molar-refractivity contribution in [2.24, 2.45) is 5.11 Å². The number of rotatable bonds is 5. The molecule has 3 rings (SSSR count). The number of aromatic nitrogens is 3. The second-order valence-electron chi connectivity index (χ2n) is 6.26. The average molecular weight is 377 g/mol. The van der Waals surface area contributed by atoms with Crippen LogP contribution in [0, 0.1) is 6.92 Å². The number of azide groups is 1. The topological polar surface area (TPSA) is 148 Å². The molecule has 2 heterocycles. The SMILES string of the molecule is Cc1ccc(S(=O)(=O)N2CCC(O)(c3n[nH]nc3CN=[N+]=[N-])CC2)cc1. The van der Waals surface area contributed by atoms with Gasteiger partial charge < -0.3 is 5.11 Å². The smallest absolute Gasteiger partial charge is 0.243 e. The number of aromatic amines is 1. The summed E-state index contributed by atoms with van der Waals surface area (Å²) >= 11 is 0. The minimum Gasteiger partial charge on any atom is -0.383 e. The highest BCUT2D eigenvalue weighted by Gasteiger charge is 2.41. The molecule has 10 nitrogen and oxygen atoms in total. The van der Waals surface area contributed by atoms with Gasteiger partial charge in [-0.1, -0.05) is 22.8 Å². The first-order valence-corrected chi connectivity index (χ1v) is 9.51. The Labute approximate surface area is 150 Å². The van der Waals surface area contributed by atoms with E-state index >= 15 is 0 Å². The zero-order valence-corrected chi connectivity index (χ0v) is 15.0. The largest absolute Gasteiger partial charge is 0.383 e. The number of piperidine rings is 1. The molecule has 1 fully saturated rings. The zero-order valence-electron chi connectivity index (χ0n) is 14.2. The van der Waals surface area contributed by atoms with Gasteiger partial charge in [-0.3, -0.25) is 0 Å². The standard InChI is InChI=1S/C15H19N7O3S/c1-11-2-4-12(5-3-11)26(24,25)22-8-6-15(23,7-9-22)14-13(10-17-20-16)18-21-19-14/h2-5,23H,6-10H2,1H3,(H,18,19,21). The lowest BCUT2D eigenvalue weighted by Crippen LogP contribution is -2.45. The van der Waals surface area contributed by atoms with Gasteiger partial charge in [0.25, 0.3) is 0 Å². The number of nitrogens with one attached hydrogen (secondary N) is 1. The van der Waals surface area contributed by atoms with E-state index in [1.165, 1.54) is 4.31 Å². The third-order valence-electron chi connectivity index (χ3n) is 4.55. The molecule has 0 unspecified atom stereocenters. The van der Waals surface area contributed by atoms with Crippen molar-refractivity contribution in [3.8, 4) is 0 Å². The Bertz CT molecular complexity index is 924. The average Bonchev–Trinajstić information content (AvgIpc) is 3.10. The van der Waals surface area contributed by atoms with Gasteiger partial charge in [0.1, 0.15) is 11.3 Å². The van der Waals surface area contributed by atoms with E-state index in [0.717, 1.165) is 5.56 Å². The number of nitrogens with zero attached hydrogens (tertiary/aromatic N) is 6. The molecule has 1 aliphatic heterocycles. The summed E-state index contributed by atoms with van der Waals surface area (Å²) in [6, 6.07) is 6.68. The van der Waals surface area contributed by atoms with Gasteiger partial charge in [0.15, 0.2) is 0 Å². The molecule has 1 saturated heterocycles. The summed E-state index contributed by atoms with van der Waals surface area (Å²) in [5, 5.41) is 24.7. The van der Waals surface area contributed by atoms with Crippen LogP contribution in [0.1, 0.15) is 29.8 Å². The van der Waals surface area contributed by atoms with Crippen LogP contribution in [0.15, 0.2) is 34.3 Å². The van der Waals surface area contributed by atoms with Crippen molar-refractivity contribution in [2.75, 3.05) is 13.1 Å². The lowest BCUT2D eigenvalue weighted by Gasteiger charge is -2.36. The Morgan fingerprint density at radius 3 is 2.58 bits per heavy atom. The molecule has 11 heteroatoms. The van der Waals surface area contributed by atoms with E-state index < -0.39 is 15.6 Å². The fourth-order valence-electron chi connectivity index (χ4n) is 3.03. The summed E-state index contributed by atoms with van der Waals surface area (Å²) in [6.07, 6.45) is 0.349. The molecule has 1 aromatic heterocycles. The highest BCUT2D eigenvalue weighted by molar-refractivity contribution is 7.89. The fraction of sp³-hybridized carbons (Fsp3) is 0.467. The summed E-state index contributed by atoms with van der Waals surface area (Å²) in [5.41, 5.74) is 8.78. The number of hydrogen-bond donors (Lipinski definition) is 2. The van der Waals surface area contributed by atoms with Gasteiger partial charge >= 0.3 is 0 Å². The summed E-state index contributed by atoms with van der Waals surface area (Å²) in [7, 11) is -3.61. The third kappa shape index (κ3) is 3.42. The highest BCUT2D eigenvalue weighted by Crippen LogP contribution is 2.35. The molecule has 1 aliphatic rings. The van der Waals surface area contributed by atoms with Crippen LogP contribution >= 0.6 is 0 Å². The second kappa shape index (κ2) is 7.04. The van der Waals surface area contributed by atoms with Crippen LogP contribution in [-0.4, -0.2) is 46.3 Å². The first kappa shape index (κ1) is 18.3. The maximum Gasteiger partial charge on any atom is 0.243 e. The van der Waals surface area contributed by atoms with E-state index in [-0.39, 0.29) is 37.4 Å². The van der Waals surface area contributed by atoms with E-state index in [9.17, 15) is 13.5 Å². The van der Waals surface area contributed by atoms with Gasteiger partial charge in [-0.05, 0) is 37.4 Å². The normalized spacial score (nSPS) is 17.6. The van der Waals surface area contributed by atoms with Crippen molar-refractivity contribution in [1.29, 1.82) is 0 Å². The predicted octanol–water partition coefficient (Wildman–Crippen LogP) is 1.60. The summed E-state index contributed by atoms with van der Waals surface area (Å²) in [5.74, 6) is 0. The van der Waals surface area contributed by atoms with Crippen LogP contribution in [0.2, 0.25) is 0 Å². The minimum absolute atomic E-state index is 0.0317. The van der Waals surface area contributed by atoms with Crippen LogP contribution < -0.4 is 0 Å². The molecule has 0 atom stereocenters. The van der Waals surface area contributed by atoms with Crippen molar-refractivity contribution in [3.63, 3.8) is 0 Å². The molecular formula is C15H19N7O3S. The van der Waals surface area contributed by atoms with Gasteiger partial charge in [-0.25, -0.2) is 8.42 Å². The molecule has 0 saturated carbocycles. The Morgan fingerprint density at radius 2 is 1.96 bits per heavy atom. The van der Waals surface area contributed by atoms with Gasteiger partial charge in [-0.15, -0.1) is 0 Å². The maximum atomic E-state index is 12.8. The molecule has 0 spiro atoms. The Morgan fingerprint density at radius 1 is 1.31 bits per heavy atom. The number of aryl methyl sites for hydroxylation is 1. The van der Waals surface area contributed by atoms with E-state index in [4.69, 9.17) is 5.53 Å². The summed E-state index contributed by atoms with van der Waals surface area (Å²) in [4.78, 5) is 2.91. The number of hydrogen-bond acceptors (Lipinski definition) is 6. The van der Waals surface area contributed by atoms with E-state index in [1.54, 1.807) is 24.3 Å². The van der Waals surface area contributed by atoms with Crippen molar-refractivity contribution in [2.45, 2.75) is 36.8 Å². The van der Waals surface area contributed by atoms with Gasteiger partial charge in [0.2, 0.25) is 10.0 Å². The van der Waals surface area contributed by atoms with Crippen molar-refractivity contribution in [1.82, 2.24) is 19.7 Å². The monoisotopic (exact) mass is 377 g/mol. The van der Waals surface area contributed by atoms with E-state index in [1.807, 2.05) is 6.92 Å². The van der Waals surface area contributed by atoms with Gasteiger partial charge in [0.05, 0.1) is 17.1 Å². The summed E-state index contributed by atoms with van der Waals surface area (Å²) < 4.78 is 26.9. The fourth-order valence-corrected chi connectivity index (χ4v) is 4.47. The number of aliphatic hydroxyl groups is 1. The second-order valence-corrected chi connectivity index (χ2v) is 8.19. The van der Waals surface area contributed by atoms with Gasteiger partial charge in [0, 0.05) is 18.0 Å². The maximum absolute atomic E-state index is 12.8. The molecular weight excluding hydrogens is 358 g/mol. The number of sulfonamides is 1. The first-order chi connectivity index (χ1) is 12.4. The Balaban J connectivity index is 1.77. The predicted molar refractivity (Wildman–Crippen MR) is 92.3 cm³/mol. The highest BCUT2D eigenvalue weighted by atomic mass is 32.2. The molecule has 2 aromatic rings. The quantitative estimate of drug-likeness (QED) is 0.461. The number of H-pyrrole nitrogens is 1. The molecule has 26 heavy (non-hydrogen) atoms. The lowest BCUT2D eigenvalue weighted by molar-refractivity contribution is -0.0142. The van der Waals surface area contributed by atoms with Crippen molar-refractivity contribution in [3.05, 3.63) is 51.7 Å². The molecule has 138 valence electrons. The minimum atomic E-state index is -3.61. The Hall–Kier alpha value is -2.46. The van der Waals surface area contributed by atoms with Crippen LogP contribution in [0.3, 0.4) is 0 Å². The molecule has 0 amide bonds. The molecule has 0 aliphatic carbocycles. The van der Waals surface area contributed by atoms with E-state index in [2.05, 4.69) is 25.4 Å². The van der Waals surface area contributed by atoms with E-state index in [0.29, 0.717) is 11.4 Å². The zero-order chi connectivity index (χ0) is 18.8. The van der Waals surface area contributed by atoms with Crippen molar-refractivity contribution >= 4 is 10.0 Å². The van der Waals surface area contributed by atoms with Crippen LogP contribution in [0.4, 0.5) is 0 Å². The van der Waals surface area contributed by atoms with Crippen molar-refractivity contribution < 1.29 is 13.5 Å². The third-order valence-corrected chi connectivity index (χ3v) is 6.47. The first-order valence-electron chi connectivity index (χ1n) is 8.07. The van der Waals surface area contributed by atoms with Gasteiger partial charge in [-0.2, -0.15) is 19.7 Å². The molecule has 1 aromatic carbocycles. The number of benzene rings is 1. The lowest BCUT2D eigenvalue weighted by atomic mass is 9.88. The molecule has 0 radical (unpaired) electrons. The summed E-state index contributed by atoms with van der Waals surface area (Å²) in [6.45, 7) is 2.17. The Kier molecular flexibility index (Phi) is 4.97. The molecule has 0 bridgehead atoms. The van der Waals surface area contributed by atoms with Crippen LogP contribution in [0.25, 0.3) is 10.4 Å². The van der Waals surface area contributed by atoms with Crippen LogP contribution in [-0.2, 0) is 22.2 Å². The van der Waals surface area contributed by atoms with Crippen LogP contribution in [0.5, 0.6) is 0 Å².